The van der Waals surface area contributed by atoms with E-state index in [1.165, 1.54) is 5.56 Å². The molecule has 0 bridgehead atoms. The molecule has 0 radical (unpaired) electrons. The zero-order chi connectivity index (χ0) is 14.8. The number of ether oxygens (including phenoxy) is 1. The van der Waals surface area contributed by atoms with Gasteiger partial charge < -0.3 is 4.74 Å². The molecule has 0 unspecified atom stereocenters. The molecule has 2 aliphatic rings. The van der Waals surface area contributed by atoms with Gasteiger partial charge in [0.2, 0.25) is 0 Å². The predicted molar refractivity (Wildman–Crippen MR) is 82.4 cm³/mol. The first-order valence-corrected chi connectivity index (χ1v) is 7.93. The first kappa shape index (κ1) is 14.8. The summed E-state index contributed by atoms with van der Waals surface area (Å²) in [6.07, 6.45) is 0.839. The number of carbonyl (C=O) groups is 1. The molecule has 2 saturated heterocycles. The lowest BCUT2D eigenvalue weighted by Gasteiger charge is -2.39. The Bertz CT molecular complexity index is 498. The summed E-state index contributed by atoms with van der Waals surface area (Å²) in [5.74, 6) is -0.0470. The van der Waals surface area contributed by atoms with Crippen molar-refractivity contribution in [3.8, 4) is 0 Å². The Morgan fingerprint density at radius 3 is 2.43 bits per heavy atom. The van der Waals surface area contributed by atoms with Crippen molar-refractivity contribution in [1.29, 1.82) is 0 Å². The minimum atomic E-state index is -0.0470. The van der Waals surface area contributed by atoms with Crippen LogP contribution in [0.25, 0.3) is 0 Å². The molecular weight excluding hydrogens is 288 g/mol. The van der Waals surface area contributed by atoms with Crippen LogP contribution in [0.1, 0.15) is 24.9 Å². The lowest BCUT2D eigenvalue weighted by molar-refractivity contribution is -0.142. The number of nitrogens with zero attached hydrogens (tertiary/aromatic N) is 2. The Kier molecular flexibility index (Phi) is 4.48. The van der Waals surface area contributed by atoms with E-state index in [-0.39, 0.29) is 12.0 Å². The van der Waals surface area contributed by atoms with Crippen molar-refractivity contribution in [2.45, 2.75) is 25.4 Å². The van der Waals surface area contributed by atoms with Gasteiger partial charge in [0.25, 0.3) is 0 Å². The summed E-state index contributed by atoms with van der Waals surface area (Å²) in [5, 5.41) is 0.774. The molecule has 4 nitrogen and oxygen atoms in total. The smallest absolute Gasteiger partial charge is 0.323 e. The number of rotatable bonds is 3. The molecule has 0 aromatic heterocycles. The van der Waals surface area contributed by atoms with Gasteiger partial charge in [0.05, 0.1) is 6.61 Å². The number of hydrogen-bond acceptors (Lipinski definition) is 4. The molecule has 21 heavy (non-hydrogen) atoms. The molecule has 0 amide bonds. The highest BCUT2D eigenvalue weighted by atomic mass is 35.5. The van der Waals surface area contributed by atoms with Gasteiger partial charge >= 0.3 is 5.97 Å². The van der Waals surface area contributed by atoms with Gasteiger partial charge in [-0.2, -0.15) is 0 Å². The van der Waals surface area contributed by atoms with Crippen LogP contribution in [0, 0.1) is 0 Å². The maximum atomic E-state index is 11.7. The van der Waals surface area contributed by atoms with Gasteiger partial charge in [0.15, 0.2) is 0 Å². The standard InChI is InChI=1S/C16H21ClN2O2/c1-12(13-2-4-14(17)5-3-13)18-7-9-19(10-8-18)15-6-11-21-16(15)20/h2-5,12,15H,6-11H2,1H3/t12-,15-/m0/s1. The largest absolute Gasteiger partial charge is 0.464 e. The summed E-state index contributed by atoms with van der Waals surface area (Å²) in [7, 11) is 0. The Morgan fingerprint density at radius 1 is 1.19 bits per heavy atom. The fourth-order valence-corrected chi connectivity index (χ4v) is 3.33. The molecule has 1 aromatic rings. The second-order valence-electron chi connectivity index (χ2n) is 5.77. The lowest BCUT2D eigenvalue weighted by Crippen LogP contribution is -2.52. The van der Waals surface area contributed by atoms with Gasteiger partial charge in [-0.1, -0.05) is 23.7 Å². The van der Waals surface area contributed by atoms with Gasteiger partial charge in [0.1, 0.15) is 6.04 Å². The van der Waals surface area contributed by atoms with Crippen molar-refractivity contribution in [2.24, 2.45) is 0 Å². The minimum Gasteiger partial charge on any atom is -0.464 e. The van der Waals surface area contributed by atoms with Gasteiger partial charge in [-0.05, 0) is 24.6 Å². The van der Waals surface area contributed by atoms with E-state index in [1.54, 1.807) is 0 Å². The Labute approximate surface area is 130 Å². The molecule has 2 aliphatic heterocycles. The topological polar surface area (TPSA) is 32.8 Å². The van der Waals surface area contributed by atoms with Gasteiger partial charge in [-0.15, -0.1) is 0 Å². The summed E-state index contributed by atoms with van der Waals surface area (Å²) >= 11 is 5.94. The van der Waals surface area contributed by atoms with Crippen LogP contribution in [0.3, 0.4) is 0 Å². The van der Waals surface area contributed by atoms with E-state index in [2.05, 4.69) is 28.9 Å². The van der Waals surface area contributed by atoms with Crippen LogP contribution in [0.5, 0.6) is 0 Å². The first-order chi connectivity index (χ1) is 10.1. The summed E-state index contributed by atoms with van der Waals surface area (Å²) in [5.41, 5.74) is 1.29. The molecule has 2 heterocycles. The fraction of sp³-hybridized carbons (Fsp3) is 0.562. The van der Waals surface area contributed by atoms with Gasteiger partial charge in [0, 0.05) is 43.7 Å². The Hall–Kier alpha value is -1.10. The number of halogens is 1. The van der Waals surface area contributed by atoms with E-state index in [0.717, 1.165) is 37.6 Å². The van der Waals surface area contributed by atoms with E-state index < -0.39 is 0 Å². The van der Waals surface area contributed by atoms with Crippen molar-refractivity contribution < 1.29 is 9.53 Å². The van der Waals surface area contributed by atoms with Crippen LogP contribution < -0.4 is 0 Å². The van der Waals surface area contributed by atoms with E-state index in [1.807, 2.05) is 12.1 Å². The average Bonchev–Trinajstić information content (AvgIpc) is 2.94. The fourth-order valence-electron chi connectivity index (χ4n) is 3.21. The number of piperazine rings is 1. The van der Waals surface area contributed by atoms with E-state index in [4.69, 9.17) is 16.3 Å². The molecule has 1 aromatic carbocycles. The molecule has 114 valence electrons. The second kappa shape index (κ2) is 6.34. The van der Waals surface area contributed by atoms with Crippen LogP contribution in [0.4, 0.5) is 0 Å². The SMILES string of the molecule is C[C@@H](c1ccc(Cl)cc1)N1CCN([C@H]2CCOC2=O)CC1. The van der Waals surface area contributed by atoms with Gasteiger partial charge in [-0.25, -0.2) is 0 Å². The minimum absolute atomic E-state index is 0.0158. The van der Waals surface area contributed by atoms with E-state index >= 15 is 0 Å². The normalized spacial score (nSPS) is 25.8. The highest BCUT2D eigenvalue weighted by Crippen LogP contribution is 2.24. The van der Waals surface area contributed by atoms with Crippen LogP contribution in [-0.4, -0.2) is 54.6 Å². The molecule has 3 rings (SSSR count). The first-order valence-electron chi connectivity index (χ1n) is 7.55. The third-order valence-electron chi connectivity index (χ3n) is 4.60. The average molecular weight is 309 g/mol. The van der Waals surface area contributed by atoms with Crippen LogP contribution in [-0.2, 0) is 9.53 Å². The van der Waals surface area contributed by atoms with Crippen molar-refractivity contribution in [3.05, 3.63) is 34.9 Å². The summed E-state index contributed by atoms with van der Waals surface area (Å²) in [4.78, 5) is 16.4. The van der Waals surface area contributed by atoms with Crippen LogP contribution >= 0.6 is 11.6 Å². The quantitative estimate of drug-likeness (QED) is 0.802. The van der Waals surface area contributed by atoms with E-state index in [9.17, 15) is 4.79 Å². The lowest BCUT2D eigenvalue weighted by atomic mass is 10.1. The number of benzene rings is 1. The molecule has 0 N–H and O–H groups in total. The molecule has 0 saturated carbocycles. The summed E-state index contributed by atoms with van der Waals surface area (Å²) in [6, 6.07) is 8.43. The zero-order valence-corrected chi connectivity index (χ0v) is 13.1. The maximum Gasteiger partial charge on any atom is 0.323 e. The van der Waals surface area contributed by atoms with Crippen molar-refractivity contribution in [1.82, 2.24) is 9.80 Å². The molecule has 2 fully saturated rings. The zero-order valence-electron chi connectivity index (χ0n) is 12.3. The summed E-state index contributed by atoms with van der Waals surface area (Å²) in [6.45, 7) is 6.62. The van der Waals surface area contributed by atoms with Crippen LogP contribution in [0.15, 0.2) is 24.3 Å². The molecule has 5 heteroatoms. The number of carbonyl (C=O) groups excluding carboxylic acids is 1. The highest BCUT2D eigenvalue weighted by Gasteiger charge is 2.34. The molecule has 0 aliphatic carbocycles. The monoisotopic (exact) mass is 308 g/mol. The third kappa shape index (κ3) is 3.23. The van der Waals surface area contributed by atoms with E-state index in [0.29, 0.717) is 12.6 Å². The molecule has 2 atom stereocenters. The number of cyclic esters (lactones) is 1. The van der Waals surface area contributed by atoms with Crippen molar-refractivity contribution in [2.75, 3.05) is 32.8 Å². The highest BCUT2D eigenvalue weighted by molar-refractivity contribution is 6.30. The number of esters is 1. The van der Waals surface area contributed by atoms with Crippen LogP contribution in [0.2, 0.25) is 5.02 Å². The second-order valence-corrected chi connectivity index (χ2v) is 6.21. The van der Waals surface area contributed by atoms with Crippen molar-refractivity contribution in [3.63, 3.8) is 0 Å². The predicted octanol–water partition coefficient (Wildman–Crippen LogP) is 2.33. The Morgan fingerprint density at radius 2 is 1.86 bits per heavy atom. The summed E-state index contributed by atoms with van der Waals surface area (Å²) < 4.78 is 5.07. The third-order valence-corrected chi connectivity index (χ3v) is 4.85. The molecular formula is C16H21ClN2O2. The maximum absolute atomic E-state index is 11.7. The van der Waals surface area contributed by atoms with Gasteiger partial charge in [-0.3, -0.25) is 14.6 Å². The Balaban J connectivity index is 1.57. The number of hydrogen-bond donors (Lipinski definition) is 0. The molecule has 0 spiro atoms. The van der Waals surface area contributed by atoms with Crippen molar-refractivity contribution >= 4 is 17.6 Å².